The Labute approximate surface area is 825 Å². The highest BCUT2D eigenvalue weighted by Gasteiger charge is 2.56. The highest BCUT2D eigenvalue weighted by molar-refractivity contribution is 6.39. The van der Waals surface area contributed by atoms with Gasteiger partial charge in [0, 0.05) is 135 Å². The lowest BCUT2D eigenvalue weighted by atomic mass is 9.77. The van der Waals surface area contributed by atoms with Crippen LogP contribution in [0.1, 0.15) is 280 Å². The number of nitrogens with zero attached hydrogens (tertiary/aromatic N) is 5. The number of Topliss-reactive ketones (excluding diaryl/α,β-unsaturated/α-hetero) is 4. The van der Waals surface area contributed by atoms with E-state index in [0.29, 0.717) is 140 Å². The van der Waals surface area contributed by atoms with E-state index >= 15 is 0 Å². The van der Waals surface area contributed by atoms with Gasteiger partial charge in [-0.2, -0.15) is 0 Å². The average molecular weight is 1950 g/mol. The lowest BCUT2D eigenvalue weighted by Crippen LogP contribution is -2.61. The predicted molar refractivity (Wildman–Crippen MR) is 531 cm³/mol. The van der Waals surface area contributed by atoms with Crippen molar-refractivity contribution in [2.24, 2.45) is 76.1 Å². The zero-order valence-corrected chi connectivity index (χ0v) is 85.7. The molecule has 0 aromatic carbocycles. The number of fused-ring (bicyclic) bond motifs is 6. The van der Waals surface area contributed by atoms with Gasteiger partial charge in [-0.25, -0.2) is 9.59 Å². The van der Waals surface area contributed by atoms with Crippen LogP contribution in [0.5, 0.6) is 0 Å². The fourth-order valence-corrected chi connectivity index (χ4v) is 21.6. The van der Waals surface area contributed by atoms with Gasteiger partial charge in [-0.15, -0.1) is 0 Å². The summed E-state index contributed by atoms with van der Waals surface area (Å²) in [5.41, 5.74) is 12.0. The first kappa shape index (κ1) is 122. The van der Waals surface area contributed by atoms with Crippen molar-refractivity contribution in [3.63, 3.8) is 0 Å². The number of rotatable bonds is 17. The zero-order chi connectivity index (χ0) is 101. The second-order valence-electron chi connectivity index (χ2n) is 40.6. The Hall–Kier alpha value is -6.81. The van der Waals surface area contributed by atoms with Gasteiger partial charge in [0.25, 0.3) is 23.4 Å². The third-order valence-corrected chi connectivity index (χ3v) is 30.2. The summed E-state index contributed by atoms with van der Waals surface area (Å²) in [6, 6.07) is -2.43. The first-order chi connectivity index (χ1) is 64.6. The average Bonchev–Trinajstić information content (AvgIpc) is 0.773. The minimum absolute atomic E-state index is 0. The Morgan fingerprint density at radius 1 is 0.464 bits per heavy atom. The van der Waals surface area contributed by atoms with Crippen LogP contribution in [0.3, 0.4) is 0 Å². The summed E-state index contributed by atoms with van der Waals surface area (Å²) in [7, 11) is 9.25. The number of carbonyl (C=O) groups excluding carboxylic acids is 8. The van der Waals surface area contributed by atoms with Gasteiger partial charge in [0.1, 0.15) is 48.7 Å². The molecule has 0 radical (unpaired) electrons. The van der Waals surface area contributed by atoms with Crippen molar-refractivity contribution in [1.29, 1.82) is 0 Å². The molecule has 8 aliphatic rings. The van der Waals surface area contributed by atoms with Crippen LogP contribution < -0.4 is 0 Å². The fourth-order valence-electron chi connectivity index (χ4n) is 21.6. The number of hydrogen-bond donors (Lipinski definition) is 5. The molecule has 0 spiro atoms. The van der Waals surface area contributed by atoms with E-state index in [9.17, 15) is 69.4 Å². The number of ketones is 4. The summed E-state index contributed by atoms with van der Waals surface area (Å²) in [5, 5.41) is 61.9. The van der Waals surface area contributed by atoms with Gasteiger partial charge >= 0.3 is 11.9 Å². The highest BCUT2D eigenvalue weighted by Crippen LogP contribution is 2.43. The quantitative estimate of drug-likeness (QED) is 0.0225. The summed E-state index contributed by atoms with van der Waals surface area (Å²) in [6.45, 7) is 31.3. The van der Waals surface area contributed by atoms with Crippen molar-refractivity contribution < 1.29 is 121 Å². The number of ether oxygens (including phenoxy) is 12. The normalized spacial score (nSPS) is 39.6. The number of esters is 2. The maximum atomic E-state index is 14.6. The van der Waals surface area contributed by atoms with E-state index in [1.54, 1.807) is 56.1 Å². The van der Waals surface area contributed by atoms with E-state index in [4.69, 9.17) is 56.8 Å². The Morgan fingerprint density at radius 3 is 1.22 bits per heavy atom. The minimum atomic E-state index is -2.41. The molecule has 30 nitrogen and oxygen atoms in total. The van der Waals surface area contributed by atoms with Crippen LogP contribution in [-0.2, 0) is 95.2 Å². The predicted octanol–water partition coefficient (Wildman–Crippen LogP) is 16.6. The van der Waals surface area contributed by atoms with Crippen LogP contribution >= 0.6 is 0 Å². The molecule has 138 heavy (non-hydrogen) atoms. The Kier molecular flexibility index (Phi) is 52.4. The first-order valence-corrected chi connectivity index (χ1v) is 50.5. The van der Waals surface area contributed by atoms with Crippen LogP contribution in [0.4, 0.5) is 0 Å². The molecular weight excluding hydrogens is 1770 g/mol. The largest absolute Gasteiger partial charge is 0.460 e. The number of piperidine rings is 2. The summed E-state index contributed by atoms with van der Waals surface area (Å²) in [5.74, 6) is -13.5. The zero-order valence-electron chi connectivity index (χ0n) is 85.7. The molecule has 6 heterocycles. The third kappa shape index (κ3) is 33.9. The van der Waals surface area contributed by atoms with Crippen molar-refractivity contribution in [3.8, 4) is 0 Å². The molecule has 4 saturated heterocycles. The Bertz CT molecular complexity index is 4140. The maximum Gasteiger partial charge on any atom is 0.329 e. The van der Waals surface area contributed by atoms with Gasteiger partial charge in [-0.3, -0.25) is 28.8 Å². The van der Waals surface area contributed by atoms with Gasteiger partial charge in [0.15, 0.2) is 11.6 Å². The Balaban J connectivity index is 0.000000480. The monoisotopic (exact) mass is 1940 g/mol. The van der Waals surface area contributed by atoms with E-state index < -0.39 is 162 Å². The topological polar surface area (TPSA) is 404 Å². The first-order valence-electron chi connectivity index (χ1n) is 50.5. The summed E-state index contributed by atoms with van der Waals surface area (Å²) >= 11 is 0. The number of amides is 2. The highest BCUT2D eigenvalue weighted by atomic mass is 16.6. The summed E-state index contributed by atoms with van der Waals surface area (Å²) in [6.07, 6.45) is 25.5. The van der Waals surface area contributed by atoms with E-state index in [1.165, 1.54) is 24.0 Å². The SMILES string of the molecule is C.C.CCO[C@@H]1C[C@@H]([C@H](C)C[C@@H]2CC[C@@H](O)[C@H](OC)C2)OC(=O)[C@@H]2CCCCN2C(=O)C(=O)[C@]2(O)O[C@@H](CC[C@H]2C)C[C@H](OC)/C(C)=C/C=C/C=C/[C@@H](C)C[C@@H](C)C(=O)[C@H](OC)[C@H](O)/C(C)=C/[C@H]1C.CCO[C@@H]1C[C@@H]([C@H](C)C[C@@H]2CC[C@H](N=[N+]=[N-])[C@H](OC)C2)OC(=O)[C@@H]2CCCCN2C(=O)C(=O)[C@]2(O)O[C@@H](CC[C@H]2C)C[C@H](OC)/C(C)=C/C=C/C=C/[C@@H](C)C[C@@H](C)C(=O)[C@H](OC)[C@H](O)/C(C)=C/[C@H]1C. The van der Waals surface area contributed by atoms with Gasteiger partial charge in [-0.05, 0) is 233 Å². The number of aliphatic hydroxyl groups excluding tert-OH is 3. The molecule has 6 fully saturated rings. The van der Waals surface area contributed by atoms with Crippen molar-refractivity contribution in [1.82, 2.24) is 9.80 Å². The second kappa shape index (κ2) is 59.4. The van der Waals surface area contributed by atoms with Gasteiger partial charge in [-0.1, -0.05) is 162 Å². The molecule has 2 aliphatic carbocycles. The smallest absolute Gasteiger partial charge is 0.329 e. The number of allylic oxidation sites excluding steroid dienone is 10. The molecule has 30 heteroatoms. The van der Waals surface area contributed by atoms with E-state index in [-0.39, 0.29) is 131 Å². The van der Waals surface area contributed by atoms with Gasteiger partial charge in [0.2, 0.25) is 11.6 Å². The molecule has 32 atom stereocenters. The minimum Gasteiger partial charge on any atom is -0.460 e. The molecule has 5 N–H and O–H groups in total. The van der Waals surface area contributed by atoms with Crippen molar-refractivity contribution in [3.05, 3.63) is 106 Å². The molecule has 6 aliphatic heterocycles. The molecule has 2 amide bonds. The number of cyclic esters (lactones) is 2. The number of aliphatic hydroxyl groups is 5. The molecule has 0 aromatic heterocycles. The molecule has 0 aromatic rings. The van der Waals surface area contributed by atoms with Gasteiger partial charge in [0.05, 0.1) is 61.0 Å². The second-order valence-corrected chi connectivity index (χ2v) is 40.6. The van der Waals surface area contributed by atoms with Crippen LogP contribution in [0.2, 0.25) is 0 Å². The molecule has 2 saturated carbocycles. The fraction of sp³-hybridized carbons (Fsp3) is 0.778. The standard InChI is InChI=1S/C53H84N4O12.C53H85NO13.2CH4/c1-12-67-44-31-45(35(5)28-39-22-24-41(55-56-54)46(29-39)65-10)68-52(62)42-20-16-17-25-57(42)51(61)50(60)53(63)38(8)21-23-40(69-53)30-43(64-9)33(3)19-15-13-14-18-32(2)26-36(6)47(58)49(66-11)48(59)37(7)27-34(44)4;1-12-65-44-31-45(35(5)28-39-22-24-42(55)46(29-39)63-10)66-52(60)41-20-16-17-25-54(41)51(59)50(58)53(61)38(8)21-23-40(67-53)30-43(62-9)33(3)19-15-13-14-18-32(2)26-36(6)47(56)49(64-11)48(57)37(7)27-34(44)4;;/h13-15,18-19,27,32,34-36,38-46,48-49,59,63H,12,16-17,20-26,28-31H2,1-11H3;13-15,18-19,27,32,34-36,38-46,48-49,55,57,61H,12,16-17,20-26,28-31H2,1-11H3;2*1H4/b2*15-13+,18-14+,33-19+,37-27+;;/t32-,34-,35-,36-,38-,39+,40+,41+,42+,43+,44-,45+,46-,48-,49+,53-;32-,34-,35-,36-,38-,39+,40+,41+,42-,43+,44-,45+,46-,48-,49+,53-;;/m11../s1. The van der Waals surface area contributed by atoms with E-state index in [2.05, 4.69) is 10.0 Å². The third-order valence-electron chi connectivity index (χ3n) is 30.2. The van der Waals surface area contributed by atoms with Crippen molar-refractivity contribution >= 4 is 46.9 Å². The number of methoxy groups -OCH3 is 6. The summed E-state index contributed by atoms with van der Waals surface area (Å²) < 4.78 is 72.6. The number of azide groups is 1. The van der Waals surface area contributed by atoms with Crippen molar-refractivity contribution in [2.75, 3.05) is 69.0 Å². The molecule has 784 valence electrons. The van der Waals surface area contributed by atoms with E-state index in [0.717, 1.165) is 24.0 Å². The van der Waals surface area contributed by atoms with E-state index in [1.807, 2.05) is 156 Å². The molecule has 8 rings (SSSR count). The van der Waals surface area contributed by atoms with Crippen LogP contribution in [-0.4, -0.2) is 272 Å². The van der Waals surface area contributed by atoms with Crippen molar-refractivity contribution in [2.45, 2.75) is 401 Å². The number of hydrogen-bond acceptors (Lipinski definition) is 26. The maximum absolute atomic E-state index is 14.6. The molecular formula is C108H177N5O25. The molecule has 0 unspecified atom stereocenters. The van der Waals surface area contributed by atoms with Gasteiger partial charge < -0.3 is 92.2 Å². The van der Waals surface area contributed by atoms with Crippen LogP contribution in [0, 0.1) is 71.0 Å². The Morgan fingerprint density at radius 2 is 0.855 bits per heavy atom. The summed E-state index contributed by atoms with van der Waals surface area (Å²) in [4.78, 5) is 120. The lowest BCUT2D eigenvalue weighted by Gasteiger charge is -2.43. The number of carbonyl (C=O) groups is 8. The lowest BCUT2D eigenvalue weighted by molar-refractivity contribution is -0.265. The van der Waals surface area contributed by atoms with Crippen LogP contribution in [0.25, 0.3) is 10.4 Å². The van der Waals surface area contributed by atoms with Crippen LogP contribution in [0.15, 0.2) is 100 Å². The molecule has 4 bridgehead atoms.